The highest BCUT2D eigenvalue weighted by Gasteiger charge is 2.35. The van der Waals surface area contributed by atoms with Crippen molar-refractivity contribution < 1.29 is 22.7 Å². The molecule has 0 atom stereocenters. The van der Waals surface area contributed by atoms with Crippen LogP contribution in [0.15, 0.2) is 18.3 Å². The number of fused-ring (bicyclic) bond motifs is 1. The Kier molecular flexibility index (Phi) is 3.99. The second kappa shape index (κ2) is 5.35. The number of alkyl halides is 3. The molecule has 2 rings (SSSR count). The summed E-state index contributed by atoms with van der Waals surface area (Å²) in [4.78, 5) is 11.6. The van der Waals surface area contributed by atoms with Gasteiger partial charge in [-0.25, -0.2) is 9.31 Å². The summed E-state index contributed by atoms with van der Waals surface area (Å²) in [7, 11) is 0. The number of nitrogens with one attached hydrogen (secondary N) is 1. The second-order valence-electron chi connectivity index (χ2n) is 5.54. The SMILES string of the molecule is CC(C)(C)OC(=O)Nc1cnn2c(C(F)(F)F)cc(Cl)c2c1. The van der Waals surface area contributed by atoms with Crippen LogP contribution in [-0.2, 0) is 10.9 Å². The molecule has 0 aliphatic heterocycles. The molecule has 0 saturated carbocycles. The number of hydrogen-bond donors (Lipinski definition) is 1. The van der Waals surface area contributed by atoms with E-state index in [2.05, 4.69) is 10.4 Å². The molecule has 0 saturated heterocycles. The van der Waals surface area contributed by atoms with Crippen LogP contribution in [0.3, 0.4) is 0 Å². The number of nitrogens with zero attached hydrogens (tertiary/aromatic N) is 2. The molecule has 0 aliphatic rings. The highest BCUT2D eigenvalue weighted by Crippen LogP contribution is 2.34. The van der Waals surface area contributed by atoms with Crippen molar-refractivity contribution in [1.82, 2.24) is 9.61 Å². The zero-order valence-electron chi connectivity index (χ0n) is 12.0. The molecular weight excluding hydrogens is 323 g/mol. The number of rotatable bonds is 1. The summed E-state index contributed by atoms with van der Waals surface area (Å²) in [6.45, 7) is 5.06. The van der Waals surface area contributed by atoms with Crippen LogP contribution in [0.1, 0.15) is 26.5 Å². The van der Waals surface area contributed by atoms with Gasteiger partial charge in [-0.3, -0.25) is 5.32 Å². The van der Waals surface area contributed by atoms with Crippen molar-refractivity contribution in [3.8, 4) is 0 Å². The third kappa shape index (κ3) is 3.62. The zero-order valence-corrected chi connectivity index (χ0v) is 12.7. The van der Waals surface area contributed by atoms with Gasteiger partial charge in [-0.15, -0.1) is 0 Å². The van der Waals surface area contributed by atoms with Crippen molar-refractivity contribution >= 4 is 28.9 Å². The second-order valence-corrected chi connectivity index (χ2v) is 5.95. The topological polar surface area (TPSA) is 55.6 Å². The molecule has 0 radical (unpaired) electrons. The van der Waals surface area contributed by atoms with Crippen LogP contribution in [0.4, 0.5) is 23.7 Å². The molecule has 120 valence electrons. The molecule has 22 heavy (non-hydrogen) atoms. The first-order chi connectivity index (χ1) is 9.97. The maximum absolute atomic E-state index is 12.8. The number of carbonyl (C=O) groups is 1. The average Bonchev–Trinajstić information content (AvgIpc) is 2.64. The summed E-state index contributed by atoms with van der Waals surface area (Å²) in [5.41, 5.74) is -1.48. The molecule has 2 aromatic heterocycles. The van der Waals surface area contributed by atoms with Crippen LogP contribution in [0.2, 0.25) is 5.02 Å². The molecule has 0 unspecified atom stereocenters. The minimum absolute atomic E-state index is 0.0301. The van der Waals surface area contributed by atoms with Gasteiger partial charge in [0.15, 0.2) is 0 Å². The van der Waals surface area contributed by atoms with Gasteiger partial charge in [0.25, 0.3) is 0 Å². The van der Waals surface area contributed by atoms with Crippen molar-refractivity contribution in [2.45, 2.75) is 32.5 Å². The lowest BCUT2D eigenvalue weighted by atomic mass is 10.2. The largest absolute Gasteiger partial charge is 0.444 e. The van der Waals surface area contributed by atoms with Gasteiger partial charge in [0, 0.05) is 0 Å². The minimum atomic E-state index is -4.58. The van der Waals surface area contributed by atoms with Crippen LogP contribution in [0, 0.1) is 0 Å². The summed E-state index contributed by atoms with van der Waals surface area (Å²) >= 11 is 5.79. The Bertz CT molecular complexity index is 720. The lowest BCUT2D eigenvalue weighted by Gasteiger charge is -2.19. The smallest absolute Gasteiger partial charge is 0.433 e. The minimum Gasteiger partial charge on any atom is -0.444 e. The van der Waals surface area contributed by atoms with E-state index in [1.165, 1.54) is 6.07 Å². The molecule has 0 fully saturated rings. The molecule has 1 N–H and O–H groups in total. The number of carbonyl (C=O) groups excluding carboxylic acids is 1. The van der Waals surface area contributed by atoms with Gasteiger partial charge in [0.05, 0.1) is 22.4 Å². The Morgan fingerprint density at radius 2 is 1.95 bits per heavy atom. The maximum Gasteiger partial charge on any atom is 0.433 e. The van der Waals surface area contributed by atoms with Gasteiger partial charge in [0.1, 0.15) is 11.3 Å². The fourth-order valence-electron chi connectivity index (χ4n) is 1.74. The quantitative estimate of drug-likeness (QED) is 0.842. The van der Waals surface area contributed by atoms with Crippen LogP contribution in [0.25, 0.3) is 5.52 Å². The Morgan fingerprint density at radius 3 is 2.50 bits per heavy atom. The monoisotopic (exact) mass is 335 g/mol. The first-order valence-electron chi connectivity index (χ1n) is 6.22. The first kappa shape index (κ1) is 16.4. The van der Waals surface area contributed by atoms with E-state index in [-0.39, 0.29) is 16.2 Å². The highest BCUT2D eigenvalue weighted by molar-refractivity contribution is 6.34. The van der Waals surface area contributed by atoms with Gasteiger partial charge in [-0.1, -0.05) is 11.6 Å². The lowest BCUT2D eigenvalue weighted by Crippen LogP contribution is -2.27. The predicted octanol–water partition coefficient (Wildman–Crippen LogP) is 4.35. The summed E-state index contributed by atoms with van der Waals surface area (Å²) in [5, 5.41) is 5.93. The molecule has 0 bridgehead atoms. The van der Waals surface area contributed by atoms with E-state index < -0.39 is 23.6 Å². The average molecular weight is 336 g/mol. The molecule has 9 heteroatoms. The normalized spacial score (nSPS) is 12.5. The molecule has 2 heterocycles. The van der Waals surface area contributed by atoms with E-state index in [1.54, 1.807) is 20.8 Å². The third-order valence-electron chi connectivity index (χ3n) is 2.50. The van der Waals surface area contributed by atoms with E-state index in [9.17, 15) is 18.0 Å². The van der Waals surface area contributed by atoms with E-state index >= 15 is 0 Å². The van der Waals surface area contributed by atoms with Crippen LogP contribution in [-0.4, -0.2) is 21.3 Å². The Hall–Kier alpha value is -1.96. The van der Waals surface area contributed by atoms with Crippen LogP contribution in [0.5, 0.6) is 0 Å². The molecular formula is C13H13ClF3N3O2. The van der Waals surface area contributed by atoms with Gasteiger partial charge in [-0.2, -0.15) is 18.3 Å². The summed E-state index contributed by atoms with van der Waals surface area (Å²) in [6.07, 6.45) is -4.23. The van der Waals surface area contributed by atoms with Gasteiger partial charge in [0.2, 0.25) is 0 Å². The molecule has 0 spiro atoms. The van der Waals surface area contributed by atoms with Crippen molar-refractivity contribution in [3.05, 3.63) is 29.0 Å². The van der Waals surface area contributed by atoms with Crippen LogP contribution >= 0.6 is 11.6 Å². The fourth-order valence-corrected chi connectivity index (χ4v) is 1.97. The fraction of sp³-hybridized carbons (Fsp3) is 0.385. The molecule has 1 amide bonds. The standard InChI is InChI=1S/C13H13ClF3N3O2/c1-12(2,3)22-11(21)19-7-4-9-8(14)5-10(13(15,16)17)20(9)18-6-7/h4-6H,1-3H3,(H,19,21). The number of hydrogen-bond acceptors (Lipinski definition) is 3. The van der Waals surface area contributed by atoms with Gasteiger partial charge in [-0.05, 0) is 32.9 Å². The Labute approximate surface area is 129 Å². The Morgan fingerprint density at radius 1 is 1.32 bits per heavy atom. The van der Waals surface area contributed by atoms with Crippen LogP contribution < -0.4 is 5.32 Å². The molecule has 2 aromatic rings. The number of ether oxygens (including phenoxy) is 1. The van der Waals surface area contributed by atoms with E-state index in [4.69, 9.17) is 16.3 Å². The highest BCUT2D eigenvalue weighted by atomic mass is 35.5. The number of halogens is 4. The lowest BCUT2D eigenvalue weighted by molar-refractivity contribution is -0.142. The third-order valence-corrected chi connectivity index (χ3v) is 2.81. The van der Waals surface area contributed by atoms with E-state index in [0.29, 0.717) is 4.52 Å². The Balaban J connectivity index is 2.32. The van der Waals surface area contributed by atoms with Crippen molar-refractivity contribution in [2.24, 2.45) is 0 Å². The summed E-state index contributed by atoms with van der Waals surface area (Å²) < 4.78 is 44.2. The zero-order chi connectivity index (χ0) is 16.7. The van der Waals surface area contributed by atoms with Gasteiger partial charge >= 0.3 is 12.3 Å². The van der Waals surface area contributed by atoms with E-state index in [1.807, 2.05) is 0 Å². The van der Waals surface area contributed by atoms with Crippen molar-refractivity contribution in [3.63, 3.8) is 0 Å². The number of anilines is 1. The summed E-state index contributed by atoms with van der Waals surface area (Å²) in [5.74, 6) is 0. The summed E-state index contributed by atoms with van der Waals surface area (Å²) in [6, 6.07) is 2.07. The molecule has 0 aliphatic carbocycles. The van der Waals surface area contributed by atoms with Crippen molar-refractivity contribution in [2.75, 3.05) is 5.32 Å². The maximum atomic E-state index is 12.8. The number of aromatic nitrogens is 2. The number of amides is 1. The van der Waals surface area contributed by atoms with Gasteiger partial charge < -0.3 is 4.74 Å². The van der Waals surface area contributed by atoms with Crippen molar-refractivity contribution in [1.29, 1.82) is 0 Å². The first-order valence-corrected chi connectivity index (χ1v) is 6.60. The van der Waals surface area contributed by atoms with E-state index in [0.717, 1.165) is 12.3 Å². The molecule has 5 nitrogen and oxygen atoms in total. The molecule has 0 aromatic carbocycles. The predicted molar refractivity (Wildman–Crippen MR) is 75.1 cm³/mol.